The van der Waals surface area contributed by atoms with E-state index in [4.69, 9.17) is 9.47 Å². The first kappa shape index (κ1) is 13.2. The van der Waals surface area contributed by atoms with Crippen LogP contribution >= 0.6 is 0 Å². The third-order valence-corrected chi connectivity index (χ3v) is 3.08. The van der Waals surface area contributed by atoms with E-state index < -0.39 is 0 Å². The Bertz CT molecular complexity index is 268. The van der Waals surface area contributed by atoms with E-state index in [0.717, 1.165) is 38.0 Å². The SMILES string of the molecule is CCOC(=O)C(CC)=C1CCOCC1CC. The van der Waals surface area contributed by atoms with Gasteiger partial charge in [-0.1, -0.05) is 19.4 Å². The van der Waals surface area contributed by atoms with Gasteiger partial charge in [0.2, 0.25) is 0 Å². The van der Waals surface area contributed by atoms with Gasteiger partial charge in [-0.05, 0) is 26.2 Å². The maximum atomic E-state index is 11.8. The van der Waals surface area contributed by atoms with E-state index in [9.17, 15) is 4.79 Å². The normalized spacial score (nSPS) is 24.1. The number of hydrogen-bond donors (Lipinski definition) is 0. The molecule has 0 aromatic rings. The molecule has 0 aromatic heterocycles. The lowest BCUT2D eigenvalue weighted by molar-refractivity contribution is -0.138. The fourth-order valence-electron chi connectivity index (χ4n) is 2.19. The van der Waals surface area contributed by atoms with Crippen molar-refractivity contribution in [1.82, 2.24) is 0 Å². The highest BCUT2D eigenvalue weighted by Gasteiger charge is 2.24. The summed E-state index contributed by atoms with van der Waals surface area (Å²) in [6.45, 7) is 7.92. The van der Waals surface area contributed by atoms with Gasteiger partial charge in [0.15, 0.2) is 0 Å². The van der Waals surface area contributed by atoms with Gasteiger partial charge in [-0.25, -0.2) is 4.79 Å². The Kier molecular flexibility index (Phi) is 5.53. The molecule has 3 heteroatoms. The van der Waals surface area contributed by atoms with Gasteiger partial charge in [0, 0.05) is 11.5 Å². The molecule has 0 aromatic carbocycles. The summed E-state index contributed by atoms with van der Waals surface area (Å²) in [6.07, 6.45) is 2.66. The van der Waals surface area contributed by atoms with Crippen molar-refractivity contribution >= 4 is 5.97 Å². The van der Waals surface area contributed by atoms with Crippen LogP contribution in [0.15, 0.2) is 11.1 Å². The first-order valence-corrected chi connectivity index (χ1v) is 6.21. The van der Waals surface area contributed by atoms with Crippen LogP contribution in [0.3, 0.4) is 0 Å². The van der Waals surface area contributed by atoms with Crippen molar-refractivity contribution in [2.24, 2.45) is 5.92 Å². The van der Waals surface area contributed by atoms with Gasteiger partial charge in [-0.3, -0.25) is 0 Å². The molecule has 0 bridgehead atoms. The van der Waals surface area contributed by atoms with Crippen LogP contribution in [0.25, 0.3) is 0 Å². The number of hydrogen-bond acceptors (Lipinski definition) is 3. The smallest absolute Gasteiger partial charge is 0.333 e. The van der Waals surface area contributed by atoms with Crippen LogP contribution in [0.4, 0.5) is 0 Å². The summed E-state index contributed by atoms with van der Waals surface area (Å²) in [4.78, 5) is 11.8. The molecule has 3 nitrogen and oxygen atoms in total. The molecule has 0 aliphatic carbocycles. The Morgan fingerprint density at radius 3 is 2.75 bits per heavy atom. The van der Waals surface area contributed by atoms with Gasteiger partial charge in [-0.15, -0.1) is 0 Å². The summed E-state index contributed by atoms with van der Waals surface area (Å²) >= 11 is 0. The van der Waals surface area contributed by atoms with Gasteiger partial charge in [-0.2, -0.15) is 0 Å². The number of carbonyl (C=O) groups is 1. The third kappa shape index (κ3) is 3.08. The molecule has 1 rings (SSSR count). The quantitative estimate of drug-likeness (QED) is 0.546. The van der Waals surface area contributed by atoms with E-state index in [-0.39, 0.29) is 5.97 Å². The predicted molar refractivity (Wildman–Crippen MR) is 63.2 cm³/mol. The molecule has 0 N–H and O–H groups in total. The van der Waals surface area contributed by atoms with Crippen LogP contribution < -0.4 is 0 Å². The highest BCUT2D eigenvalue weighted by Crippen LogP contribution is 2.28. The molecule has 1 atom stereocenters. The van der Waals surface area contributed by atoms with E-state index in [1.807, 2.05) is 13.8 Å². The molecule has 16 heavy (non-hydrogen) atoms. The largest absolute Gasteiger partial charge is 0.463 e. The molecule has 1 saturated heterocycles. The Labute approximate surface area is 97.8 Å². The summed E-state index contributed by atoms with van der Waals surface area (Å²) in [5.74, 6) is 0.258. The van der Waals surface area contributed by atoms with Crippen LogP contribution in [0.1, 0.15) is 40.0 Å². The van der Waals surface area contributed by atoms with E-state index >= 15 is 0 Å². The highest BCUT2D eigenvalue weighted by molar-refractivity contribution is 5.89. The van der Waals surface area contributed by atoms with Crippen molar-refractivity contribution < 1.29 is 14.3 Å². The Morgan fingerprint density at radius 1 is 1.44 bits per heavy atom. The van der Waals surface area contributed by atoms with Crippen LogP contribution in [0, 0.1) is 5.92 Å². The van der Waals surface area contributed by atoms with Crippen molar-refractivity contribution in [3.8, 4) is 0 Å². The van der Waals surface area contributed by atoms with E-state index in [1.165, 1.54) is 5.57 Å². The minimum atomic E-state index is -0.139. The van der Waals surface area contributed by atoms with E-state index in [2.05, 4.69) is 6.92 Å². The maximum Gasteiger partial charge on any atom is 0.333 e. The van der Waals surface area contributed by atoms with Crippen molar-refractivity contribution in [2.45, 2.75) is 40.0 Å². The lowest BCUT2D eigenvalue weighted by Crippen LogP contribution is -2.23. The topological polar surface area (TPSA) is 35.5 Å². The second-order valence-corrected chi connectivity index (χ2v) is 4.01. The second-order valence-electron chi connectivity index (χ2n) is 4.01. The molecule has 1 unspecified atom stereocenters. The lowest BCUT2D eigenvalue weighted by atomic mass is 9.88. The van der Waals surface area contributed by atoms with Crippen molar-refractivity contribution in [1.29, 1.82) is 0 Å². The molecule has 92 valence electrons. The number of esters is 1. The van der Waals surface area contributed by atoms with Crippen molar-refractivity contribution in [3.05, 3.63) is 11.1 Å². The number of carbonyl (C=O) groups excluding carboxylic acids is 1. The zero-order valence-corrected chi connectivity index (χ0v) is 10.5. The standard InChI is InChI=1S/C13H22O3/c1-4-10-9-15-8-7-12(10)11(5-2)13(14)16-6-3/h10H,4-9H2,1-3H3. The maximum absolute atomic E-state index is 11.8. The molecule has 0 spiro atoms. The molecular weight excluding hydrogens is 204 g/mol. The zero-order chi connectivity index (χ0) is 12.0. The van der Waals surface area contributed by atoms with Crippen LogP contribution in [0.5, 0.6) is 0 Å². The summed E-state index contributed by atoms with van der Waals surface area (Å²) < 4.78 is 10.6. The summed E-state index contributed by atoms with van der Waals surface area (Å²) in [5.41, 5.74) is 2.13. The minimum absolute atomic E-state index is 0.139. The summed E-state index contributed by atoms with van der Waals surface area (Å²) in [5, 5.41) is 0. The van der Waals surface area contributed by atoms with Gasteiger partial charge >= 0.3 is 5.97 Å². The fourth-order valence-corrected chi connectivity index (χ4v) is 2.19. The molecule has 1 aliphatic heterocycles. The average Bonchev–Trinajstić information content (AvgIpc) is 2.31. The number of rotatable bonds is 4. The molecule has 1 aliphatic rings. The Morgan fingerprint density at radius 2 is 2.19 bits per heavy atom. The van der Waals surface area contributed by atoms with Crippen molar-refractivity contribution in [2.75, 3.05) is 19.8 Å². The minimum Gasteiger partial charge on any atom is -0.463 e. The van der Waals surface area contributed by atoms with E-state index in [1.54, 1.807) is 0 Å². The molecule has 0 amide bonds. The molecule has 1 fully saturated rings. The average molecular weight is 226 g/mol. The molecular formula is C13H22O3. The summed E-state index contributed by atoms with van der Waals surface area (Å²) in [7, 11) is 0. The monoisotopic (exact) mass is 226 g/mol. The first-order chi connectivity index (χ1) is 7.74. The second kappa shape index (κ2) is 6.69. The van der Waals surface area contributed by atoms with Gasteiger partial charge in [0.1, 0.15) is 0 Å². The first-order valence-electron chi connectivity index (χ1n) is 6.21. The van der Waals surface area contributed by atoms with Crippen LogP contribution in [-0.2, 0) is 14.3 Å². The summed E-state index contributed by atoms with van der Waals surface area (Å²) in [6, 6.07) is 0. The van der Waals surface area contributed by atoms with Gasteiger partial charge < -0.3 is 9.47 Å². The van der Waals surface area contributed by atoms with Crippen molar-refractivity contribution in [3.63, 3.8) is 0 Å². The lowest BCUT2D eigenvalue weighted by Gasteiger charge is -2.26. The fraction of sp³-hybridized carbons (Fsp3) is 0.769. The predicted octanol–water partition coefficient (Wildman–Crippen LogP) is 2.70. The van der Waals surface area contributed by atoms with Gasteiger partial charge in [0.05, 0.1) is 19.8 Å². The third-order valence-electron chi connectivity index (χ3n) is 3.08. The zero-order valence-electron chi connectivity index (χ0n) is 10.5. The Balaban J connectivity index is 2.89. The molecule has 0 radical (unpaired) electrons. The molecule has 0 saturated carbocycles. The Hall–Kier alpha value is -0.830. The number of ether oxygens (including phenoxy) is 2. The van der Waals surface area contributed by atoms with Gasteiger partial charge in [0.25, 0.3) is 0 Å². The van der Waals surface area contributed by atoms with Crippen LogP contribution in [0.2, 0.25) is 0 Å². The van der Waals surface area contributed by atoms with E-state index in [0.29, 0.717) is 12.5 Å². The molecule has 1 heterocycles. The highest BCUT2D eigenvalue weighted by atomic mass is 16.5. The van der Waals surface area contributed by atoms with Crippen LogP contribution in [-0.4, -0.2) is 25.8 Å².